The van der Waals surface area contributed by atoms with Gasteiger partial charge in [0, 0.05) is 0 Å². The quantitative estimate of drug-likeness (QED) is 0.765. The molecule has 0 saturated heterocycles. The standard InChI is InChI=1S/C10H9FN4O4S/c1-5-12-10(14-13-5)15-20(18,19)8-3-2-6(9(16)17)4-7(8)11/h2-4H,1H3,(H,16,17)(H2,12,13,14,15). The first-order valence-corrected chi connectivity index (χ1v) is 6.72. The van der Waals surface area contributed by atoms with E-state index < -0.39 is 26.7 Å². The van der Waals surface area contributed by atoms with Gasteiger partial charge in [-0.1, -0.05) is 0 Å². The van der Waals surface area contributed by atoms with Crippen LogP contribution in [0.4, 0.5) is 10.3 Å². The van der Waals surface area contributed by atoms with Gasteiger partial charge in [0.1, 0.15) is 16.5 Å². The van der Waals surface area contributed by atoms with Crippen molar-refractivity contribution in [1.82, 2.24) is 15.2 Å². The number of aryl methyl sites for hydroxylation is 1. The van der Waals surface area contributed by atoms with Gasteiger partial charge in [0.15, 0.2) is 0 Å². The Morgan fingerprint density at radius 1 is 1.45 bits per heavy atom. The highest BCUT2D eigenvalue weighted by molar-refractivity contribution is 7.92. The van der Waals surface area contributed by atoms with E-state index in [1.807, 2.05) is 4.72 Å². The molecule has 0 unspecified atom stereocenters. The van der Waals surface area contributed by atoms with E-state index in [0.717, 1.165) is 12.1 Å². The summed E-state index contributed by atoms with van der Waals surface area (Å²) in [4.78, 5) is 13.7. The summed E-state index contributed by atoms with van der Waals surface area (Å²) >= 11 is 0. The largest absolute Gasteiger partial charge is 0.478 e. The predicted molar refractivity (Wildman–Crippen MR) is 65.3 cm³/mol. The van der Waals surface area contributed by atoms with Crippen molar-refractivity contribution >= 4 is 21.9 Å². The first-order valence-electron chi connectivity index (χ1n) is 5.24. The minimum absolute atomic E-state index is 0.232. The average Bonchev–Trinajstić information content (AvgIpc) is 2.73. The molecule has 0 aliphatic carbocycles. The Bertz CT molecular complexity index is 771. The zero-order valence-corrected chi connectivity index (χ0v) is 10.9. The van der Waals surface area contributed by atoms with E-state index in [-0.39, 0.29) is 11.5 Å². The van der Waals surface area contributed by atoms with Crippen molar-refractivity contribution in [2.24, 2.45) is 0 Å². The lowest BCUT2D eigenvalue weighted by Gasteiger charge is -2.06. The number of benzene rings is 1. The maximum Gasteiger partial charge on any atom is 0.335 e. The van der Waals surface area contributed by atoms with Crippen LogP contribution in [0.15, 0.2) is 23.1 Å². The van der Waals surface area contributed by atoms with Crippen LogP contribution < -0.4 is 4.72 Å². The number of sulfonamides is 1. The SMILES string of the molecule is Cc1nc(NS(=O)(=O)c2ccc(C(=O)O)cc2F)n[nH]1. The van der Waals surface area contributed by atoms with Gasteiger partial charge in [0.2, 0.25) is 0 Å². The molecule has 2 aromatic rings. The Morgan fingerprint density at radius 2 is 2.15 bits per heavy atom. The lowest BCUT2D eigenvalue weighted by molar-refractivity contribution is 0.0696. The van der Waals surface area contributed by atoms with Gasteiger partial charge in [-0.15, -0.1) is 5.10 Å². The highest BCUT2D eigenvalue weighted by Gasteiger charge is 2.22. The van der Waals surface area contributed by atoms with Crippen LogP contribution in [0.1, 0.15) is 16.2 Å². The van der Waals surface area contributed by atoms with Gasteiger partial charge in [-0.3, -0.25) is 5.10 Å². The van der Waals surface area contributed by atoms with Crippen molar-refractivity contribution in [1.29, 1.82) is 0 Å². The molecule has 20 heavy (non-hydrogen) atoms. The van der Waals surface area contributed by atoms with Gasteiger partial charge in [0.25, 0.3) is 16.0 Å². The third-order valence-corrected chi connectivity index (χ3v) is 3.65. The third kappa shape index (κ3) is 2.74. The number of aromatic carboxylic acids is 1. The summed E-state index contributed by atoms with van der Waals surface area (Å²) in [6.45, 7) is 1.56. The van der Waals surface area contributed by atoms with Crippen LogP contribution in [0.2, 0.25) is 0 Å². The van der Waals surface area contributed by atoms with Crippen LogP contribution in [0.5, 0.6) is 0 Å². The Labute approximate surface area is 112 Å². The summed E-state index contributed by atoms with van der Waals surface area (Å²) in [6, 6.07) is 2.48. The maximum atomic E-state index is 13.7. The highest BCUT2D eigenvalue weighted by atomic mass is 32.2. The molecule has 0 amide bonds. The van der Waals surface area contributed by atoms with Gasteiger partial charge < -0.3 is 5.11 Å². The number of anilines is 1. The molecule has 8 nitrogen and oxygen atoms in total. The minimum atomic E-state index is -4.24. The van der Waals surface area contributed by atoms with Crippen molar-refractivity contribution in [3.63, 3.8) is 0 Å². The van der Waals surface area contributed by atoms with E-state index in [4.69, 9.17) is 5.11 Å². The summed E-state index contributed by atoms with van der Waals surface area (Å²) < 4.78 is 39.5. The summed E-state index contributed by atoms with van der Waals surface area (Å²) in [6.07, 6.45) is 0. The Morgan fingerprint density at radius 3 is 2.65 bits per heavy atom. The van der Waals surface area contributed by atoms with E-state index in [2.05, 4.69) is 15.2 Å². The predicted octanol–water partition coefficient (Wildman–Crippen LogP) is 0.751. The van der Waals surface area contributed by atoms with Gasteiger partial charge in [-0.05, 0) is 25.1 Å². The molecule has 1 aromatic carbocycles. The van der Waals surface area contributed by atoms with E-state index in [9.17, 15) is 17.6 Å². The number of carboxylic acids is 1. The maximum absolute atomic E-state index is 13.7. The average molecular weight is 300 g/mol. The van der Waals surface area contributed by atoms with Crippen LogP contribution in [-0.2, 0) is 10.0 Å². The molecule has 2 rings (SSSR count). The second-order valence-corrected chi connectivity index (χ2v) is 5.45. The van der Waals surface area contributed by atoms with E-state index in [1.54, 1.807) is 6.92 Å². The highest BCUT2D eigenvalue weighted by Crippen LogP contribution is 2.18. The van der Waals surface area contributed by atoms with Crippen molar-refractivity contribution in [2.75, 3.05) is 4.72 Å². The van der Waals surface area contributed by atoms with Gasteiger partial charge in [-0.2, -0.15) is 4.98 Å². The fraction of sp³-hybridized carbons (Fsp3) is 0.100. The zero-order chi connectivity index (χ0) is 14.9. The first kappa shape index (κ1) is 13.9. The van der Waals surface area contributed by atoms with E-state index >= 15 is 0 Å². The second-order valence-electron chi connectivity index (χ2n) is 3.80. The first-order chi connectivity index (χ1) is 9.29. The molecule has 0 radical (unpaired) electrons. The molecule has 0 spiro atoms. The number of nitrogens with zero attached hydrogens (tertiary/aromatic N) is 2. The molecule has 0 aliphatic rings. The molecule has 0 bridgehead atoms. The summed E-state index contributed by atoms with van der Waals surface area (Å²) in [5.41, 5.74) is -0.352. The van der Waals surface area contributed by atoms with E-state index in [0.29, 0.717) is 11.9 Å². The lowest BCUT2D eigenvalue weighted by Crippen LogP contribution is -2.16. The fourth-order valence-electron chi connectivity index (χ4n) is 1.42. The number of nitrogens with one attached hydrogen (secondary N) is 2. The van der Waals surface area contributed by atoms with Crippen molar-refractivity contribution in [2.45, 2.75) is 11.8 Å². The molecule has 1 heterocycles. The van der Waals surface area contributed by atoms with Crippen molar-refractivity contribution < 1.29 is 22.7 Å². The number of aromatic nitrogens is 3. The molecular formula is C10H9FN4O4S. The van der Waals surface area contributed by atoms with Crippen LogP contribution in [-0.4, -0.2) is 34.7 Å². The number of hydrogen-bond donors (Lipinski definition) is 3. The van der Waals surface area contributed by atoms with Crippen LogP contribution >= 0.6 is 0 Å². The molecular weight excluding hydrogens is 291 g/mol. The monoisotopic (exact) mass is 300 g/mol. The summed E-state index contributed by atoms with van der Waals surface area (Å²) in [5, 5.41) is 14.7. The number of carboxylic acid groups (broad SMARTS) is 1. The Kier molecular flexibility index (Phi) is 3.40. The second kappa shape index (κ2) is 4.89. The van der Waals surface area contributed by atoms with Gasteiger partial charge >= 0.3 is 5.97 Å². The molecule has 0 aliphatic heterocycles. The number of halogens is 1. The number of carbonyl (C=O) groups is 1. The summed E-state index contributed by atoms with van der Waals surface area (Å²) in [7, 11) is -4.24. The molecule has 1 aromatic heterocycles. The minimum Gasteiger partial charge on any atom is -0.478 e. The van der Waals surface area contributed by atoms with Crippen molar-refractivity contribution in [3.8, 4) is 0 Å². The van der Waals surface area contributed by atoms with Crippen LogP contribution in [0.3, 0.4) is 0 Å². The fourth-order valence-corrected chi connectivity index (χ4v) is 2.42. The van der Waals surface area contributed by atoms with Crippen molar-refractivity contribution in [3.05, 3.63) is 35.4 Å². The number of aromatic amines is 1. The number of hydrogen-bond acceptors (Lipinski definition) is 5. The molecule has 106 valence electrons. The topological polar surface area (TPSA) is 125 Å². The Hall–Kier alpha value is -2.49. The van der Waals surface area contributed by atoms with E-state index in [1.165, 1.54) is 0 Å². The van der Waals surface area contributed by atoms with Crippen LogP contribution in [0, 0.1) is 12.7 Å². The molecule has 10 heteroatoms. The normalized spacial score (nSPS) is 11.3. The number of rotatable bonds is 4. The molecule has 0 saturated carbocycles. The van der Waals surface area contributed by atoms with Gasteiger partial charge in [0.05, 0.1) is 5.56 Å². The summed E-state index contributed by atoms with van der Waals surface area (Å²) in [5.74, 6) is -2.39. The molecule has 0 fully saturated rings. The third-order valence-electron chi connectivity index (χ3n) is 2.29. The smallest absolute Gasteiger partial charge is 0.335 e. The zero-order valence-electron chi connectivity index (χ0n) is 10.1. The van der Waals surface area contributed by atoms with Crippen LogP contribution in [0.25, 0.3) is 0 Å². The lowest BCUT2D eigenvalue weighted by atomic mass is 10.2. The molecule has 3 N–H and O–H groups in total. The molecule has 0 atom stereocenters. The van der Waals surface area contributed by atoms with Gasteiger partial charge in [-0.25, -0.2) is 22.3 Å². The number of H-pyrrole nitrogens is 1. The Balaban J connectivity index is 2.37.